The molecular weight excluding hydrogens is 707 g/mol. The van der Waals surface area contributed by atoms with Gasteiger partial charge in [-0.05, 0) is 44.9 Å². The third-order valence-electron chi connectivity index (χ3n) is 11.5. The monoisotopic (exact) mass is 804 g/mol. The van der Waals surface area contributed by atoms with Crippen LogP contribution in [0.3, 0.4) is 0 Å². The summed E-state index contributed by atoms with van der Waals surface area (Å²) < 4.78 is 5.43. The van der Waals surface area contributed by atoms with Gasteiger partial charge >= 0.3 is 5.97 Å². The van der Waals surface area contributed by atoms with Crippen molar-refractivity contribution >= 4 is 11.9 Å². The molecule has 0 aliphatic carbocycles. The van der Waals surface area contributed by atoms with E-state index in [-0.39, 0.29) is 18.5 Å². The van der Waals surface area contributed by atoms with Crippen LogP contribution >= 0.6 is 0 Å². The van der Waals surface area contributed by atoms with Crippen LogP contribution in [0.25, 0.3) is 0 Å². The van der Waals surface area contributed by atoms with Crippen molar-refractivity contribution in [2.75, 3.05) is 13.2 Å². The number of aliphatic hydroxyl groups excluding tert-OH is 2. The van der Waals surface area contributed by atoms with Gasteiger partial charge < -0.3 is 20.3 Å². The lowest BCUT2D eigenvalue weighted by molar-refractivity contribution is -0.143. The maximum Gasteiger partial charge on any atom is 0.305 e. The number of esters is 1. The number of amides is 1. The van der Waals surface area contributed by atoms with Gasteiger partial charge in [0.25, 0.3) is 0 Å². The van der Waals surface area contributed by atoms with Gasteiger partial charge in [0.2, 0.25) is 5.91 Å². The van der Waals surface area contributed by atoms with Crippen molar-refractivity contribution in [2.45, 2.75) is 276 Å². The fourth-order valence-corrected chi connectivity index (χ4v) is 7.63. The molecule has 1 amide bonds. The minimum Gasteiger partial charge on any atom is -0.466 e. The van der Waals surface area contributed by atoms with E-state index < -0.39 is 12.1 Å². The summed E-state index contributed by atoms with van der Waals surface area (Å²) in [5.74, 6) is -0.132. The summed E-state index contributed by atoms with van der Waals surface area (Å²) in [5.41, 5.74) is 0. The highest BCUT2D eigenvalue weighted by Gasteiger charge is 2.19. The Balaban J connectivity index is 3.56. The summed E-state index contributed by atoms with van der Waals surface area (Å²) in [5, 5.41) is 23.1. The van der Waals surface area contributed by atoms with Crippen molar-refractivity contribution in [2.24, 2.45) is 0 Å². The van der Waals surface area contributed by atoms with E-state index in [0.717, 1.165) is 51.4 Å². The third-order valence-corrected chi connectivity index (χ3v) is 11.5. The van der Waals surface area contributed by atoms with Gasteiger partial charge in [0.15, 0.2) is 0 Å². The van der Waals surface area contributed by atoms with E-state index in [2.05, 4.69) is 37.4 Å². The number of hydrogen-bond donors (Lipinski definition) is 3. The molecule has 6 heteroatoms. The molecule has 0 aromatic rings. The zero-order valence-corrected chi connectivity index (χ0v) is 38.1. The topological polar surface area (TPSA) is 95.9 Å². The second-order valence-electron chi connectivity index (χ2n) is 17.1. The number of rotatable bonds is 46. The number of carbonyl (C=O) groups is 2. The first-order valence-electron chi connectivity index (χ1n) is 25.1. The maximum absolute atomic E-state index is 12.4. The van der Waals surface area contributed by atoms with Gasteiger partial charge in [-0.3, -0.25) is 9.59 Å². The van der Waals surface area contributed by atoms with E-state index >= 15 is 0 Å². The number of unbranched alkanes of at least 4 members (excludes halogenated alkanes) is 31. The van der Waals surface area contributed by atoms with Crippen LogP contribution in [-0.4, -0.2) is 47.4 Å². The molecule has 0 spiro atoms. The Kier molecular flexibility index (Phi) is 45.7. The number of ether oxygens (including phenoxy) is 1. The van der Waals surface area contributed by atoms with Crippen LogP contribution in [0.2, 0.25) is 0 Å². The lowest BCUT2D eigenvalue weighted by Gasteiger charge is -2.22. The highest BCUT2D eigenvalue weighted by Crippen LogP contribution is 2.16. The van der Waals surface area contributed by atoms with E-state index in [9.17, 15) is 19.8 Å². The minimum atomic E-state index is -0.698. The van der Waals surface area contributed by atoms with E-state index in [1.165, 1.54) is 173 Å². The van der Waals surface area contributed by atoms with Crippen LogP contribution in [-0.2, 0) is 14.3 Å². The highest BCUT2D eigenvalue weighted by molar-refractivity contribution is 5.76. The van der Waals surface area contributed by atoms with E-state index in [0.29, 0.717) is 32.3 Å². The molecule has 3 N–H and O–H groups in total. The van der Waals surface area contributed by atoms with Gasteiger partial charge in [0.05, 0.1) is 25.4 Å². The van der Waals surface area contributed by atoms with E-state index in [1.54, 1.807) is 0 Å². The highest BCUT2D eigenvalue weighted by atomic mass is 16.5. The standard InChI is InChI=1S/C51H97NO5/c1-3-5-7-9-11-13-15-16-17-18-20-24-27-31-35-39-43-49(54)48(47-53)52-50(55)44-40-36-32-28-25-21-19-22-26-30-34-38-42-46-57-51(56)45-41-37-33-29-23-14-12-10-8-6-4-2/h21,25,32,36,48-49,53-54H,3-20,22-24,26-31,33-35,37-47H2,1-2H3,(H,52,55)/b25-21-,36-32-. The van der Waals surface area contributed by atoms with Crippen LogP contribution in [0.5, 0.6) is 0 Å². The molecule has 0 aromatic carbocycles. The average molecular weight is 804 g/mol. The molecule has 336 valence electrons. The minimum absolute atomic E-state index is 0.0174. The molecule has 2 atom stereocenters. The molecule has 0 heterocycles. The fourth-order valence-electron chi connectivity index (χ4n) is 7.63. The lowest BCUT2D eigenvalue weighted by Crippen LogP contribution is -2.45. The Labute approximate surface area is 354 Å². The lowest BCUT2D eigenvalue weighted by atomic mass is 10.0. The van der Waals surface area contributed by atoms with Crippen LogP contribution in [0.15, 0.2) is 24.3 Å². The second-order valence-corrected chi connectivity index (χ2v) is 17.1. The molecule has 6 nitrogen and oxygen atoms in total. The predicted octanol–water partition coefficient (Wildman–Crippen LogP) is 14.7. The average Bonchev–Trinajstić information content (AvgIpc) is 3.21. The smallest absolute Gasteiger partial charge is 0.305 e. The molecule has 0 aromatic heterocycles. The second kappa shape index (κ2) is 47.0. The molecule has 0 radical (unpaired) electrons. The predicted molar refractivity (Wildman–Crippen MR) is 246 cm³/mol. The molecule has 0 fully saturated rings. The Bertz CT molecular complexity index is 889. The van der Waals surface area contributed by atoms with Crippen LogP contribution in [0.1, 0.15) is 264 Å². The largest absolute Gasteiger partial charge is 0.466 e. The normalized spacial score (nSPS) is 12.8. The van der Waals surface area contributed by atoms with Crippen LogP contribution in [0, 0.1) is 0 Å². The number of allylic oxidation sites excluding steroid dienone is 4. The van der Waals surface area contributed by atoms with Crippen molar-refractivity contribution in [1.29, 1.82) is 0 Å². The van der Waals surface area contributed by atoms with E-state index in [1.807, 2.05) is 6.08 Å². The zero-order chi connectivity index (χ0) is 41.5. The molecule has 2 unspecified atom stereocenters. The first kappa shape index (κ1) is 55.3. The summed E-state index contributed by atoms with van der Waals surface area (Å²) in [6, 6.07) is -0.584. The maximum atomic E-state index is 12.4. The number of nitrogens with one attached hydrogen (secondary N) is 1. The van der Waals surface area contributed by atoms with Crippen LogP contribution in [0.4, 0.5) is 0 Å². The summed E-state index contributed by atoms with van der Waals surface area (Å²) in [7, 11) is 0. The van der Waals surface area contributed by atoms with Crippen molar-refractivity contribution in [3.8, 4) is 0 Å². The first-order valence-corrected chi connectivity index (χ1v) is 25.1. The molecule has 0 aliphatic rings. The van der Waals surface area contributed by atoms with Gasteiger partial charge in [0.1, 0.15) is 0 Å². The number of carbonyl (C=O) groups excluding carboxylic acids is 2. The van der Waals surface area contributed by atoms with Gasteiger partial charge in [-0.2, -0.15) is 0 Å². The van der Waals surface area contributed by atoms with E-state index in [4.69, 9.17) is 4.74 Å². The zero-order valence-electron chi connectivity index (χ0n) is 38.1. The Morgan fingerprint density at radius 3 is 1.37 bits per heavy atom. The molecule has 0 saturated carbocycles. The first-order chi connectivity index (χ1) is 28.0. The SMILES string of the molecule is CCCCCCCCCCCCCCCCCCC(O)C(CO)NC(=O)CC/C=C\C/C=C\CCCCCCCCOC(=O)CCCCCCCCCCCCC. The summed E-state index contributed by atoms with van der Waals surface area (Å²) in [6.45, 7) is 4.88. The molecule has 0 bridgehead atoms. The van der Waals surface area contributed by atoms with Gasteiger partial charge in [0, 0.05) is 12.8 Å². The van der Waals surface area contributed by atoms with Crippen molar-refractivity contribution in [1.82, 2.24) is 5.32 Å². The van der Waals surface area contributed by atoms with Crippen molar-refractivity contribution < 1.29 is 24.5 Å². The molecule has 0 saturated heterocycles. The molecule has 0 rings (SSSR count). The quantitative estimate of drug-likeness (QED) is 0.0324. The van der Waals surface area contributed by atoms with Crippen molar-refractivity contribution in [3.63, 3.8) is 0 Å². The Morgan fingerprint density at radius 1 is 0.491 bits per heavy atom. The van der Waals surface area contributed by atoms with Crippen molar-refractivity contribution in [3.05, 3.63) is 24.3 Å². The summed E-state index contributed by atoms with van der Waals surface area (Å²) >= 11 is 0. The molecule has 0 aliphatic heterocycles. The summed E-state index contributed by atoms with van der Waals surface area (Å²) in [4.78, 5) is 24.4. The Morgan fingerprint density at radius 2 is 0.895 bits per heavy atom. The van der Waals surface area contributed by atoms with Gasteiger partial charge in [-0.15, -0.1) is 0 Å². The summed E-state index contributed by atoms with van der Waals surface area (Å²) in [6.07, 6.45) is 54.4. The Hall–Kier alpha value is -1.66. The number of aliphatic hydroxyl groups is 2. The van der Waals surface area contributed by atoms with Crippen LogP contribution < -0.4 is 5.32 Å². The van der Waals surface area contributed by atoms with Gasteiger partial charge in [-0.1, -0.05) is 231 Å². The molecular formula is C51H97NO5. The van der Waals surface area contributed by atoms with Gasteiger partial charge in [-0.25, -0.2) is 0 Å². The third kappa shape index (κ3) is 43.7. The fraction of sp³-hybridized carbons (Fsp3) is 0.882. The molecule has 57 heavy (non-hydrogen) atoms. The number of hydrogen-bond acceptors (Lipinski definition) is 5.